The summed E-state index contributed by atoms with van der Waals surface area (Å²) in [4.78, 5) is 11.1. The van der Waals surface area contributed by atoms with Gasteiger partial charge in [0.15, 0.2) is 0 Å². The van der Waals surface area contributed by atoms with E-state index in [1.807, 2.05) is 13.0 Å². The zero-order valence-corrected chi connectivity index (χ0v) is 11.3. The Morgan fingerprint density at radius 1 is 1.33 bits per heavy atom. The SMILES string of the molecule is COc1ccc(COC(C)C(C)C)cc1C(=O)O. The van der Waals surface area contributed by atoms with Gasteiger partial charge >= 0.3 is 5.97 Å². The smallest absolute Gasteiger partial charge is 0.339 e. The van der Waals surface area contributed by atoms with Gasteiger partial charge in [-0.25, -0.2) is 4.79 Å². The Labute approximate surface area is 108 Å². The van der Waals surface area contributed by atoms with Gasteiger partial charge in [-0.15, -0.1) is 0 Å². The molecule has 1 aromatic carbocycles. The Kier molecular flexibility index (Phi) is 5.16. The van der Waals surface area contributed by atoms with E-state index in [0.717, 1.165) is 5.56 Å². The van der Waals surface area contributed by atoms with Crippen LogP contribution in [0.5, 0.6) is 5.75 Å². The van der Waals surface area contributed by atoms with E-state index in [-0.39, 0.29) is 11.7 Å². The number of rotatable bonds is 6. The first-order valence-corrected chi connectivity index (χ1v) is 5.97. The Bertz CT molecular complexity index is 412. The molecule has 1 unspecified atom stereocenters. The topological polar surface area (TPSA) is 55.8 Å². The predicted molar refractivity (Wildman–Crippen MR) is 69.0 cm³/mol. The number of hydrogen-bond acceptors (Lipinski definition) is 3. The van der Waals surface area contributed by atoms with E-state index < -0.39 is 5.97 Å². The minimum Gasteiger partial charge on any atom is -0.496 e. The molecule has 0 aliphatic heterocycles. The molecule has 0 aliphatic rings. The van der Waals surface area contributed by atoms with Gasteiger partial charge in [-0.1, -0.05) is 19.9 Å². The number of aromatic carboxylic acids is 1. The van der Waals surface area contributed by atoms with Gasteiger partial charge in [-0.3, -0.25) is 0 Å². The third kappa shape index (κ3) is 3.74. The monoisotopic (exact) mass is 252 g/mol. The lowest BCUT2D eigenvalue weighted by Gasteiger charge is -2.17. The summed E-state index contributed by atoms with van der Waals surface area (Å²) in [6, 6.07) is 5.06. The first kappa shape index (κ1) is 14.5. The van der Waals surface area contributed by atoms with Crippen LogP contribution in [0.3, 0.4) is 0 Å². The molecule has 4 heteroatoms. The van der Waals surface area contributed by atoms with Crippen LogP contribution < -0.4 is 4.74 Å². The van der Waals surface area contributed by atoms with E-state index in [4.69, 9.17) is 14.6 Å². The summed E-state index contributed by atoms with van der Waals surface area (Å²) in [7, 11) is 1.46. The fraction of sp³-hybridized carbons (Fsp3) is 0.500. The highest BCUT2D eigenvalue weighted by Crippen LogP contribution is 2.21. The average molecular weight is 252 g/mol. The molecule has 4 nitrogen and oxygen atoms in total. The predicted octanol–water partition coefficient (Wildman–Crippen LogP) is 2.95. The van der Waals surface area contributed by atoms with E-state index in [1.54, 1.807) is 12.1 Å². The summed E-state index contributed by atoms with van der Waals surface area (Å²) in [6.45, 7) is 6.58. The second kappa shape index (κ2) is 6.40. The molecule has 0 heterocycles. The molecule has 0 bridgehead atoms. The lowest BCUT2D eigenvalue weighted by atomic mass is 10.1. The first-order valence-electron chi connectivity index (χ1n) is 5.97. The zero-order chi connectivity index (χ0) is 13.7. The van der Waals surface area contributed by atoms with Crippen molar-refractivity contribution in [1.82, 2.24) is 0 Å². The summed E-state index contributed by atoms with van der Waals surface area (Å²) in [5.74, 6) is -0.198. The van der Waals surface area contributed by atoms with Gasteiger partial charge in [0.2, 0.25) is 0 Å². The van der Waals surface area contributed by atoms with Crippen LogP contribution in [-0.4, -0.2) is 24.3 Å². The third-order valence-corrected chi connectivity index (χ3v) is 2.95. The molecule has 0 aromatic heterocycles. The maximum absolute atomic E-state index is 11.1. The normalized spacial score (nSPS) is 12.5. The zero-order valence-electron chi connectivity index (χ0n) is 11.3. The van der Waals surface area contributed by atoms with Crippen molar-refractivity contribution in [1.29, 1.82) is 0 Å². The van der Waals surface area contributed by atoms with Crippen LogP contribution in [0.25, 0.3) is 0 Å². The van der Waals surface area contributed by atoms with E-state index in [1.165, 1.54) is 7.11 Å². The van der Waals surface area contributed by atoms with Crippen LogP contribution in [0, 0.1) is 5.92 Å². The molecule has 0 amide bonds. The lowest BCUT2D eigenvalue weighted by Crippen LogP contribution is -2.15. The van der Waals surface area contributed by atoms with Crippen molar-refractivity contribution in [2.45, 2.75) is 33.5 Å². The molecule has 0 saturated carbocycles. The molecule has 100 valence electrons. The van der Waals surface area contributed by atoms with E-state index in [0.29, 0.717) is 18.3 Å². The highest BCUT2D eigenvalue weighted by Gasteiger charge is 2.13. The first-order chi connectivity index (χ1) is 8.45. The molecule has 0 radical (unpaired) electrons. The molecule has 1 atom stereocenters. The van der Waals surface area contributed by atoms with Crippen LogP contribution in [0.2, 0.25) is 0 Å². The summed E-state index contributed by atoms with van der Waals surface area (Å²) in [5, 5.41) is 9.07. The van der Waals surface area contributed by atoms with Crippen molar-refractivity contribution < 1.29 is 19.4 Å². The van der Waals surface area contributed by atoms with Gasteiger partial charge in [0, 0.05) is 0 Å². The van der Waals surface area contributed by atoms with Gasteiger partial charge in [0.25, 0.3) is 0 Å². The number of carbonyl (C=O) groups is 1. The fourth-order valence-electron chi connectivity index (χ4n) is 1.43. The standard InChI is InChI=1S/C14H20O4/c1-9(2)10(3)18-8-11-5-6-13(17-4)12(7-11)14(15)16/h5-7,9-10H,8H2,1-4H3,(H,15,16). The Morgan fingerprint density at radius 2 is 2.00 bits per heavy atom. The maximum Gasteiger partial charge on any atom is 0.339 e. The van der Waals surface area contributed by atoms with E-state index in [2.05, 4.69) is 13.8 Å². The molecule has 18 heavy (non-hydrogen) atoms. The minimum atomic E-state index is -0.995. The Balaban J connectivity index is 2.79. The highest BCUT2D eigenvalue weighted by atomic mass is 16.5. The molecule has 0 saturated heterocycles. The van der Waals surface area contributed by atoms with E-state index >= 15 is 0 Å². The minimum absolute atomic E-state index is 0.139. The van der Waals surface area contributed by atoms with Crippen LogP contribution >= 0.6 is 0 Å². The second-order valence-corrected chi connectivity index (χ2v) is 4.60. The van der Waals surface area contributed by atoms with Crippen molar-refractivity contribution in [2.24, 2.45) is 5.92 Å². The van der Waals surface area contributed by atoms with Crippen LogP contribution in [0.1, 0.15) is 36.7 Å². The molecule has 0 spiro atoms. The molecular weight excluding hydrogens is 232 g/mol. The summed E-state index contributed by atoms with van der Waals surface area (Å²) >= 11 is 0. The van der Waals surface area contributed by atoms with Gasteiger partial charge in [-0.2, -0.15) is 0 Å². The van der Waals surface area contributed by atoms with Crippen molar-refractivity contribution in [3.8, 4) is 5.75 Å². The van der Waals surface area contributed by atoms with Crippen LogP contribution in [-0.2, 0) is 11.3 Å². The summed E-state index contributed by atoms with van der Waals surface area (Å²) in [6.07, 6.45) is 0.139. The maximum atomic E-state index is 11.1. The molecule has 1 N–H and O–H groups in total. The molecule has 0 fully saturated rings. The lowest BCUT2D eigenvalue weighted by molar-refractivity contribution is 0.0234. The van der Waals surface area contributed by atoms with Gasteiger partial charge < -0.3 is 14.6 Å². The largest absolute Gasteiger partial charge is 0.496 e. The van der Waals surface area contributed by atoms with Gasteiger partial charge in [0.05, 0.1) is 19.8 Å². The number of benzene rings is 1. The van der Waals surface area contributed by atoms with Crippen molar-refractivity contribution in [3.63, 3.8) is 0 Å². The van der Waals surface area contributed by atoms with E-state index in [9.17, 15) is 4.79 Å². The number of ether oxygens (including phenoxy) is 2. The van der Waals surface area contributed by atoms with Gasteiger partial charge in [0.1, 0.15) is 11.3 Å². The van der Waals surface area contributed by atoms with Crippen molar-refractivity contribution in [3.05, 3.63) is 29.3 Å². The molecular formula is C14H20O4. The Hall–Kier alpha value is -1.55. The third-order valence-electron chi connectivity index (χ3n) is 2.95. The average Bonchev–Trinajstić information content (AvgIpc) is 2.35. The Morgan fingerprint density at radius 3 is 2.50 bits per heavy atom. The number of methoxy groups -OCH3 is 1. The summed E-state index contributed by atoms with van der Waals surface area (Å²) in [5.41, 5.74) is 0.997. The fourth-order valence-corrected chi connectivity index (χ4v) is 1.43. The summed E-state index contributed by atoms with van der Waals surface area (Å²) < 4.78 is 10.7. The highest BCUT2D eigenvalue weighted by molar-refractivity contribution is 5.91. The quantitative estimate of drug-likeness (QED) is 0.845. The number of carboxylic acids is 1. The van der Waals surface area contributed by atoms with Crippen LogP contribution in [0.15, 0.2) is 18.2 Å². The second-order valence-electron chi connectivity index (χ2n) is 4.60. The number of carboxylic acid groups (broad SMARTS) is 1. The number of hydrogen-bond donors (Lipinski definition) is 1. The molecule has 1 aromatic rings. The van der Waals surface area contributed by atoms with Crippen LogP contribution in [0.4, 0.5) is 0 Å². The van der Waals surface area contributed by atoms with Crippen molar-refractivity contribution >= 4 is 5.97 Å². The molecule has 1 rings (SSSR count). The van der Waals surface area contributed by atoms with Crippen molar-refractivity contribution in [2.75, 3.05) is 7.11 Å². The van der Waals surface area contributed by atoms with Gasteiger partial charge in [-0.05, 0) is 30.5 Å². The molecule has 0 aliphatic carbocycles.